The van der Waals surface area contributed by atoms with Crippen LogP contribution in [-0.4, -0.2) is 14.6 Å². The molecule has 0 saturated carbocycles. The van der Waals surface area contributed by atoms with Gasteiger partial charge in [0.15, 0.2) is 5.75 Å². The average Bonchev–Trinajstić information content (AvgIpc) is 2.69. The molecular weight excluding hydrogens is 518 g/mol. The fourth-order valence-corrected chi connectivity index (χ4v) is 5.01. The summed E-state index contributed by atoms with van der Waals surface area (Å²) >= 11 is 6.83. The summed E-state index contributed by atoms with van der Waals surface area (Å²) in [6.07, 6.45) is 2.55. The minimum Gasteiger partial charge on any atom is -0.377 e. The summed E-state index contributed by atoms with van der Waals surface area (Å²) in [4.78, 5) is 4.56. The van der Waals surface area contributed by atoms with E-state index in [2.05, 4.69) is 43.8 Å². The topological polar surface area (TPSA) is 55.7 Å². The molecule has 0 N–H and O–H groups in total. The van der Waals surface area contributed by atoms with Gasteiger partial charge in [-0.3, -0.25) is 4.99 Å². The maximum atomic E-state index is 12.7. The molecule has 0 fully saturated rings. The van der Waals surface area contributed by atoms with Crippen LogP contribution >= 0.6 is 31.9 Å². The van der Waals surface area contributed by atoms with Crippen molar-refractivity contribution in [3.8, 4) is 5.75 Å². The van der Waals surface area contributed by atoms with E-state index in [9.17, 15) is 8.42 Å². The Bertz CT molecular complexity index is 1140. The molecule has 0 spiro atoms. The Kier molecular flexibility index (Phi) is 6.93. The van der Waals surface area contributed by atoms with Crippen LogP contribution in [-0.2, 0) is 16.5 Å². The first kappa shape index (κ1) is 21.7. The van der Waals surface area contributed by atoms with Gasteiger partial charge in [0, 0.05) is 16.3 Å². The molecule has 0 aliphatic heterocycles. The minimum atomic E-state index is -3.99. The quantitative estimate of drug-likeness (QED) is 0.263. The maximum Gasteiger partial charge on any atom is 0.339 e. The van der Waals surface area contributed by atoms with Crippen molar-refractivity contribution in [1.29, 1.82) is 0 Å². The summed E-state index contributed by atoms with van der Waals surface area (Å²) in [5, 5.41) is 0. The van der Waals surface area contributed by atoms with Crippen molar-refractivity contribution in [1.82, 2.24) is 0 Å². The van der Waals surface area contributed by atoms with Crippen LogP contribution < -0.4 is 4.18 Å². The first-order chi connectivity index (χ1) is 13.8. The van der Waals surface area contributed by atoms with E-state index in [-0.39, 0.29) is 10.6 Å². The molecule has 0 aromatic heterocycles. The van der Waals surface area contributed by atoms with Crippen molar-refractivity contribution < 1.29 is 12.6 Å². The third-order valence-electron chi connectivity index (χ3n) is 4.24. The van der Waals surface area contributed by atoms with Crippen molar-refractivity contribution in [2.75, 3.05) is 0 Å². The Morgan fingerprint density at radius 3 is 2.28 bits per heavy atom. The number of hydrogen-bond acceptors (Lipinski definition) is 4. The molecule has 0 aliphatic carbocycles. The van der Waals surface area contributed by atoms with Crippen molar-refractivity contribution in [2.45, 2.75) is 25.2 Å². The molecule has 0 amide bonds. The molecular formula is C22H19Br2NO3S. The summed E-state index contributed by atoms with van der Waals surface area (Å²) in [5.74, 6) is 0.183. The first-order valence-electron chi connectivity index (χ1n) is 8.91. The largest absolute Gasteiger partial charge is 0.377 e. The van der Waals surface area contributed by atoms with Gasteiger partial charge in [-0.1, -0.05) is 52.7 Å². The number of hydrogen-bond donors (Lipinski definition) is 0. The summed E-state index contributed by atoms with van der Waals surface area (Å²) < 4.78 is 32.3. The van der Waals surface area contributed by atoms with E-state index >= 15 is 0 Å². The second-order valence-electron chi connectivity index (χ2n) is 6.43. The molecule has 0 radical (unpaired) electrons. The number of aliphatic imine (C=N–C) groups is 1. The monoisotopic (exact) mass is 535 g/mol. The first-order valence-corrected chi connectivity index (χ1v) is 11.9. The Hall–Kier alpha value is -1.96. The molecule has 3 aromatic rings. The minimum absolute atomic E-state index is 0.0935. The van der Waals surface area contributed by atoms with Crippen molar-refractivity contribution in [3.63, 3.8) is 0 Å². The van der Waals surface area contributed by atoms with Gasteiger partial charge in [0.05, 0.1) is 10.2 Å². The number of halogens is 2. The zero-order chi connectivity index (χ0) is 21.0. The lowest BCUT2D eigenvalue weighted by Gasteiger charge is -2.12. The van der Waals surface area contributed by atoms with Crippen LogP contribution in [0.4, 0.5) is 5.69 Å². The third kappa shape index (κ3) is 5.56. The highest BCUT2D eigenvalue weighted by molar-refractivity contribution is 9.11. The molecule has 29 heavy (non-hydrogen) atoms. The van der Waals surface area contributed by atoms with Gasteiger partial charge in [-0.05, 0) is 71.2 Å². The van der Waals surface area contributed by atoms with Gasteiger partial charge in [-0.25, -0.2) is 0 Å². The average molecular weight is 537 g/mol. The lowest BCUT2D eigenvalue weighted by molar-refractivity contribution is 0.484. The SMILES string of the molecule is CCc1ccc(N=Cc2cc(Br)cc(Br)c2OS(=O)(=O)c2ccc(C)cc2)cc1. The van der Waals surface area contributed by atoms with Crippen molar-refractivity contribution >= 4 is 53.9 Å². The lowest BCUT2D eigenvalue weighted by Crippen LogP contribution is -2.11. The van der Waals surface area contributed by atoms with Gasteiger partial charge < -0.3 is 4.18 Å². The zero-order valence-corrected chi connectivity index (χ0v) is 19.9. The Morgan fingerprint density at radius 2 is 1.66 bits per heavy atom. The van der Waals surface area contributed by atoms with Gasteiger partial charge in [-0.2, -0.15) is 8.42 Å². The highest BCUT2D eigenvalue weighted by Gasteiger charge is 2.20. The molecule has 0 heterocycles. The summed E-state index contributed by atoms with van der Waals surface area (Å²) in [6, 6.07) is 17.9. The van der Waals surface area contributed by atoms with Gasteiger partial charge in [0.2, 0.25) is 0 Å². The fraction of sp³-hybridized carbons (Fsp3) is 0.136. The molecule has 3 aromatic carbocycles. The normalized spacial score (nSPS) is 11.7. The summed E-state index contributed by atoms with van der Waals surface area (Å²) in [6.45, 7) is 3.99. The van der Waals surface area contributed by atoms with E-state index in [1.807, 2.05) is 31.2 Å². The smallest absolute Gasteiger partial charge is 0.339 e. The highest BCUT2D eigenvalue weighted by atomic mass is 79.9. The van der Waals surface area contributed by atoms with Crippen LogP contribution in [0.5, 0.6) is 5.75 Å². The van der Waals surface area contributed by atoms with Crippen molar-refractivity contribution in [3.05, 3.63) is 86.3 Å². The predicted molar refractivity (Wildman–Crippen MR) is 124 cm³/mol. The third-order valence-corrected chi connectivity index (χ3v) is 6.52. The second kappa shape index (κ2) is 9.24. The number of aryl methyl sites for hydroxylation is 2. The molecule has 0 unspecified atom stereocenters. The molecule has 7 heteroatoms. The van der Waals surface area contributed by atoms with Crippen molar-refractivity contribution in [2.24, 2.45) is 4.99 Å². The van der Waals surface area contributed by atoms with E-state index in [0.717, 1.165) is 22.1 Å². The van der Waals surface area contributed by atoms with E-state index in [1.165, 1.54) is 17.7 Å². The van der Waals surface area contributed by atoms with Crippen LogP contribution in [0.1, 0.15) is 23.6 Å². The van der Waals surface area contributed by atoms with Crippen LogP contribution in [0.25, 0.3) is 0 Å². The Morgan fingerprint density at radius 1 is 1.00 bits per heavy atom. The Balaban J connectivity index is 1.96. The van der Waals surface area contributed by atoms with Crippen LogP contribution in [0.3, 0.4) is 0 Å². The maximum absolute atomic E-state index is 12.7. The number of nitrogens with zero attached hydrogens (tertiary/aromatic N) is 1. The second-order valence-corrected chi connectivity index (χ2v) is 9.75. The van der Waals surface area contributed by atoms with E-state index in [1.54, 1.807) is 30.5 Å². The Labute approximate surface area is 188 Å². The molecule has 150 valence electrons. The van der Waals surface area contributed by atoms with Crippen LogP contribution in [0.15, 0.2) is 79.5 Å². The van der Waals surface area contributed by atoms with Gasteiger partial charge in [-0.15, -0.1) is 0 Å². The lowest BCUT2D eigenvalue weighted by atomic mass is 10.1. The molecule has 0 aliphatic rings. The zero-order valence-electron chi connectivity index (χ0n) is 15.9. The van der Waals surface area contributed by atoms with Crippen LogP contribution in [0, 0.1) is 6.92 Å². The van der Waals surface area contributed by atoms with E-state index in [0.29, 0.717) is 10.0 Å². The van der Waals surface area contributed by atoms with Gasteiger partial charge >= 0.3 is 10.1 Å². The van der Waals surface area contributed by atoms with Gasteiger partial charge in [0.1, 0.15) is 4.90 Å². The highest BCUT2D eigenvalue weighted by Crippen LogP contribution is 2.34. The molecule has 0 saturated heterocycles. The summed E-state index contributed by atoms with van der Waals surface area (Å²) in [5.41, 5.74) is 3.49. The summed E-state index contributed by atoms with van der Waals surface area (Å²) in [7, 11) is -3.99. The number of benzene rings is 3. The molecule has 0 bridgehead atoms. The molecule has 3 rings (SSSR count). The van der Waals surface area contributed by atoms with E-state index in [4.69, 9.17) is 4.18 Å². The number of rotatable bonds is 6. The molecule has 0 atom stereocenters. The van der Waals surface area contributed by atoms with Crippen LogP contribution in [0.2, 0.25) is 0 Å². The standard InChI is InChI=1S/C22H19Br2NO3S/c1-3-16-6-8-19(9-7-16)25-14-17-12-18(23)13-21(24)22(17)28-29(26,27)20-10-4-15(2)5-11-20/h4-14H,3H2,1-2H3. The fourth-order valence-electron chi connectivity index (χ4n) is 2.59. The predicted octanol–water partition coefficient (Wildman–Crippen LogP) is 6.60. The molecule has 4 nitrogen and oxygen atoms in total. The van der Waals surface area contributed by atoms with E-state index < -0.39 is 10.1 Å². The van der Waals surface area contributed by atoms with Gasteiger partial charge in [0.25, 0.3) is 0 Å².